The first-order valence-corrected chi connectivity index (χ1v) is 12.1. The van der Waals surface area contributed by atoms with Crippen molar-refractivity contribution < 1.29 is 13.9 Å². The largest absolute Gasteiger partial charge is 0.462 e. The van der Waals surface area contributed by atoms with Crippen molar-refractivity contribution in [3.05, 3.63) is 70.5 Å². The van der Waals surface area contributed by atoms with Crippen molar-refractivity contribution in [1.29, 1.82) is 0 Å². The van der Waals surface area contributed by atoms with Gasteiger partial charge in [0, 0.05) is 11.1 Å². The Balaban J connectivity index is 1.61. The number of hydrogen-bond donors (Lipinski definition) is 0. The Kier molecular flexibility index (Phi) is 9.12. The highest BCUT2D eigenvalue weighted by molar-refractivity contribution is 6.30. The third kappa shape index (κ3) is 6.55. The molecule has 1 aliphatic carbocycles. The molecule has 1 fully saturated rings. The van der Waals surface area contributed by atoms with Gasteiger partial charge in [-0.15, -0.1) is 0 Å². The highest BCUT2D eigenvalue weighted by atomic mass is 35.5. The topological polar surface area (TPSA) is 29.5 Å². The fraction of sp³-hybridized carbons (Fsp3) is 0.519. The Bertz CT molecular complexity index is 845. The molecule has 0 spiro atoms. The lowest BCUT2D eigenvalue weighted by Gasteiger charge is -2.37. The molecule has 3 nitrogen and oxygen atoms in total. The second-order valence-electron chi connectivity index (χ2n) is 9.18. The summed E-state index contributed by atoms with van der Waals surface area (Å²) in [6, 6.07) is 14.6. The first kappa shape index (κ1) is 24.7. The molecule has 174 valence electrons. The van der Waals surface area contributed by atoms with Crippen molar-refractivity contribution in [2.45, 2.75) is 69.9 Å². The summed E-state index contributed by atoms with van der Waals surface area (Å²) in [5.41, 5.74) is 2.12. The monoisotopic (exact) mass is 459 g/mol. The van der Waals surface area contributed by atoms with Crippen LogP contribution in [0.5, 0.6) is 0 Å². The second kappa shape index (κ2) is 11.8. The summed E-state index contributed by atoms with van der Waals surface area (Å²) in [6.07, 6.45) is 6.48. The summed E-state index contributed by atoms with van der Waals surface area (Å²) in [5, 5.41) is 0.672. The zero-order chi connectivity index (χ0) is 23.1. The zero-order valence-corrected chi connectivity index (χ0v) is 20.2. The average Bonchev–Trinajstić information content (AvgIpc) is 2.77. The quantitative estimate of drug-likeness (QED) is 0.372. The summed E-state index contributed by atoms with van der Waals surface area (Å²) in [7, 11) is 4.15. The van der Waals surface area contributed by atoms with Crippen LogP contribution >= 0.6 is 11.6 Å². The van der Waals surface area contributed by atoms with E-state index in [1.54, 1.807) is 0 Å². The normalized spacial score (nSPS) is 20.7. The molecule has 1 saturated carbocycles. The molecule has 0 radical (unpaired) electrons. The molecule has 1 aliphatic rings. The number of halogens is 2. The Morgan fingerprint density at radius 1 is 1.03 bits per heavy atom. The van der Waals surface area contributed by atoms with Crippen LogP contribution in [-0.4, -0.2) is 31.1 Å². The predicted molar refractivity (Wildman–Crippen MR) is 128 cm³/mol. The number of carbonyl (C=O) groups excluding carboxylic acids is 1. The van der Waals surface area contributed by atoms with Crippen LogP contribution in [0.2, 0.25) is 5.02 Å². The van der Waals surface area contributed by atoms with Gasteiger partial charge in [-0.2, -0.15) is 0 Å². The fourth-order valence-electron chi connectivity index (χ4n) is 4.94. The van der Waals surface area contributed by atoms with Crippen LogP contribution in [-0.2, 0) is 9.53 Å². The summed E-state index contributed by atoms with van der Waals surface area (Å²) < 4.78 is 19.4. The molecule has 0 aromatic heterocycles. The van der Waals surface area contributed by atoms with Crippen LogP contribution in [0.3, 0.4) is 0 Å². The molecule has 0 N–H and O–H groups in total. The molecule has 2 aromatic rings. The Hall–Kier alpha value is -1.91. The number of esters is 1. The number of carbonyl (C=O) groups is 1. The van der Waals surface area contributed by atoms with E-state index in [2.05, 4.69) is 25.9 Å². The molecule has 32 heavy (non-hydrogen) atoms. The van der Waals surface area contributed by atoms with Crippen molar-refractivity contribution in [3.8, 4) is 0 Å². The van der Waals surface area contributed by atoms with E-state index in [4.69, 9.17) is 16.3 Å². The van der Waals surface area contributed by atoms with Crippen molar-refractivity contribution in [3.63, 3.8) is 0 Å². The van der Waals surface area contributed by atoms with Crippen LogP contribution in [0, 0.1) is 11.7 Å². The molecule has 3 rings (SSSR count). The predicted octanol–water partition coefficient (Wildman–Crippen LogP) is 7.16. The lowest BCUT2D eigenvalue weighted by atomic mass is 9.79. The lowest BCUT2D eigenvalue weighted by Crippen LogP contribution is -2.33. The van der Waals surface area contributed by atoms with Gasteiger partial charge in [-0.3, -0.25) is 4.79 Å². The van der Waals surface area contributed by atoms with Crippen molar-refractivity contribution in [1.82, 2.24) is 4.90 Å². The van der Waals surface area contributed by atoms with E-state index < -0.39 is 0 Å². The minimum atomic E-state index is -0.237. The van der Waals surface area contributed by atoms with Gasteiger partial charge < -0.3 is 9.64 Å². The fourth-order valence-corrected chi connectivity index (χ4v) is 5.07. The van der Waals surface area contributed by atoms with E-state index >= 15 is 0 Å². The molecule has 0 heterocycles. The minimum Gasteiger partial charge on any atom is -0.462 e. The first-order valence-electron chi connectivity index (χ1n) is 11.8. The van der Waals surface area contributed by atoms with Crippen molar-refractivity contribution in [2.75, 3.05) is 14.1 Å². The third-order valence-electron chi connectivity index (χ3n) is 6.62. The molecule has 2 unspecified atom stereocenters. The number of rotatable bonds is 9. The van der Waals surface area contributed by atoms with E-state index in [0.29, 0.717) is 10.9 Å². The minimum absolute atomic E-state index is 0.0359. The number of unbranched alkanes of at least 4 members (excludes halogenated alkanes) is 1. The lowest BCUT2D eigenvalue weighted by molar-refractivity contribution is -0.153. The number of benzene rings is 2. The van der Waals surface area contributed by atoms with E-state index in [9.17, 15) is 9.18 Å². The third-order valence-corrected chi connectivity index (χ3v) is 6.87. The highest BCUT2D eigenvalue weighted by Crippen LogP contribution is 2.39. The SMILES string of the molecule is CCCCC(C(=O)OC1CCC(C(c2ccc(F)cc2)N(C)C)CC1)c1ccc(Cl)cc1. The molecule has 2 atom stereocenters. The molecular weight excluding hydrogens is 425 g/mol. The highest BCUT2D eigenvalue weighted by Gasteiger charge is 2.32. The number of nitrogens with zero attached hydrogens (tertiary/aromatic N) is 1. The van der Waals surface area contributed by atoms with E-state index in [0.717, 1.165) is 56.1 Å². The summed E-state index contributed by atoms with van der Waals surface area (Å²) in [6.45, 7) is 2.13. The molecule has 0 amide bonds. The first-order chi connectivity index (χ1) is 15.4. The van der Waals surface area contributed by atoms with Crippen molar-refractivity contribution >= 4 is 17.6 Å². The average molecular weight is 460 g/mol. The summed E-state index contributed by atoms with van der Waals surface area (Å²) >= 11 is 6.03. The van der Waals surface area contributed by atoms with Crippen LogP contribution in [0.4, 0.5) is 4.39 Å². The van der Waals surface area contributed by atoms with Gasteiger partial charge >= 0.3 is 5.97 Å². The molecule has 0 bridgehead atoms. The van der Waals surface area contributed by atoms with Gasteiger partial charge in [0.05, 0.1) is 5.92 Å². The summed E-state index contributed by atoms with van der Waals surface area (Å²) in [5.74, 6) is -0.108. The van der Waals surface area contributed by atoms with Gasteiger partial charge in [0.25, 0.3) is 0 Å². The van der Waals surface area contributed by atoms with Gasteiger partial charge in [0.15, 0.2) is 0 Å². The molecule has 0 aliphatic heterocycles. The summed E-state index contributed by atoms with van der Waals surface area (Å²) in [4.78, 5) is 15.3. The van der Waals surface area contributed by atoms with Gasteiger partial charge in [0.2, 0.25) is 0 Å². The zero-order valence-electron chi connectivity index (χ0n) is 19.4. The van der Waals surface area contributed by atoms with Gasteiger partial charge in [-0.25, -0.2) is 4.39 Å². The van der Waals surface area contributed by atoms with Gasteiger partial charge in [-0.05, 0) is 87.5 Å². The Morgan fingerprint density at radius 3 is 2.19 bits per heavy atom. The standard InChI is InChI=1S/C27H35ClFNO2/c1-4-5-6-25(19-7-13-22(28)14-8-19)27(31)32-24-17-11-21(12-18-24)26(30(2)3)20-9-15-23(29)16-10-20/h7-10,13-16,21,24-26H,4-6,11-12,17-18H2,1-3H3. The second-order valence-corrected chi connectivity index (χ2v) is 9.62. The molecule has 2 aromatic carbocycles. The van der Waals surface area contributed by atoms with Crippen LogP contribution < -0.4 is 0 Å². The Labute approximate surface area is 196 Å². The van der Waals surface area contributed by atoms with Crippen molar-refractivity contribution in [2.24, 2.45) is 5.92 Å². The van der Waals surface area contributed by atoms with Crippen LogP contribution in [0.25, 0.3) is 0 Å². The maximum atomic E-state index is 13.4. The maximum Gasteiger partial charge on any atom is 0.313 e. The van der Waals surface area contributed by atoms with Gasteiger partial charge in [-0.1, -0.05) is 55.6 Å². The number of hydrogen-bond acceptors (Lipinski definition) is 3. The maximum absolute atomic E-state index is 13.4. The Morgan fingerprint density at radius 2 is 1.62 bits per heavy atom. The molecular formula is C27H35ClFNO2. The van der Waals surface area contributed by atoms with Crippen LogP contribution in [0.15, 0.2) is 48.5 Å². The van der Waals surface area contributed by atoms with Gasteiger partial charge in [0.1, 0.15) is 11.9 Å². The molecule has 0 saturated heterocycles. The van der Waals surface area contributed by atoms with E-state index in [1.165, 1.54) is 12.1 Å². The smallest absolute Gasteiger partial charge is 0.313 e. The molecule has 5 heteroatoms. The van der Waals surface area contributed by atoms with E-state index in [-0.39, 0.29) is 29.9 Å². The van der Waals surface area contributed by atoms with E-state index in [1.807, 2.05) is 36.4 Å². The number of ether oxygens (including phenoxy) is 1. The van der Waals surface area contributed by atoms with Crippen LogP contribution in [0.1, 0.15) is 75.0 Å².